The summed E-state index contributed by atoms with van der Waals surface area (Å²) in [4.78, 5) is 9.98. The number of rotatable bonds is 5. The van der Waals surface area contributed by atoms with E-state index in [0.717, 1.165) is 16.4 Å². The molecule has 1 aliphatic rings. The lowest BCUT2D eigenvalue weighted by atomic mass is 10.1. The third kappa shape index (κ3) is 3.31. The monoisotopic (exact) mass is 318 g/mol. The minimum absolute atomic E-state index is 0.0283. The van der Waals surface area contributed by atoms with E-state index < -0.39 is 26.8 Å². The number of hydrogen-bond acceptors (Lipinski definition) is 5. The molecule has 21 heavy (non-hydrogen) atoms. The van der Waals surface area contributed by atoms with E-state index in [4.69, 9.17) is 10.8 Å². The maximum atomic E-state index is 13.7. The van der Waals surface area contributed by atoms with Crippen molar-refractivity contribution in [3.63, 3.8) is 0 Å². The van der Waals surface area contributed by atoms with Crippen molar-refractivity contribution in [2.75, 3.05) is 19.7 Å². The van der Waals surface area contributed by atoms with Gasteiger partial charge in [-0.3, -0.25) is 0 Å². The van der Waals surface area contributed by atoms with Gasteiger partial charge in [0.25, 0.3) is 0 Å². The van der Waals surface area contributed by atoms with Crippen molar-refractivity contribution in [2.45, 2.75) is 11.5 Å². The second-order valence-corrected chi connectivity index (χ2v) is 6.65. The summed E-state index contributed by atoms with van der Waals surface area (Å²) in [5, 5.41) is 9.00. The third-order valence-electron chi connectivity index (χ3n) is 3.18. The summed E-state index contributed by atoms with van der Waals surface area (Å²) in [7, 11) is -3.96. The number of benzene rings is 1. The average molecular weight is 318 g/mol. The van der Waals surface area contributed by atoms with Crippen molar-refractivity contribution in [3.05, 3.63) is 29.6 Å². The smallest absolute Gasteiger partial charge is 0.404 e. The molecule has 1 aliphatic heterocycles. The molecule has 1 aromatic rings. The standard InChI is InChI=1S/C12H15FN2O5S/c13-10-2-1-8(6-16)3-11(10)21(18,19)15-4-9(5-15)7-20-12(14)17/h1-3,9,16H,4-7H2,(H2,14,17). The molecule has 116 valence electrons. The summed E-state index contributed by atoms with van der Waals surface area (Å²) in [6.45, 7) is -0.102. The highest BCUT2D eigenvalue weighted by Gasteiger charge is 2.38. The maximum Gasteiger partial charge on any atom is 0.404 e. The number of primary amides is 1. The summed E-state index contributed by atoms with van der Waals surface area (Å²) in [6, 6.07) is 3.43. The van der Waals surface area contributed by atoms with Gasteiger partial charge in [0.1, 0.15) is 10.7 Å². The largest absolute Gasteiger partial charge is 0.449 e. The Kier molecular flexibility index (Phi) is 4.45. The summed E-state index contributed by atoms with van der Waals surface area (Å²) < 4.78 is 43.9. The van der Waals surface area contributed by atoms with Gasteiger partial charge in [0, 0.05) is 19.0 Å². The molecule has 0 aromatic heterocycles. The number of carbonyl (C=O) groups excluding carboxylic acids is 1. The van der Waals surface area contributed by atoms with Crippen LogP contribution in [0.15, 0.2) is 23.1 Å². The fraction of sp³-hybridized carbons (Fsp3) is 0.417. The number of nitrogens with zero attached hydrogens (tertiary/aromatic N) is 1. The fourth-order valence-corrected chi connectivity index (χ4v) is 3.71. The van der Waals surface area contributed by atoms with E-state index in [1.54, 1.807) is 0 Å². The van der Waals surface area contributed by atoms with Gasteiger partial charge in [-0.25, -0.2) is 17.6 Å². The van der Waals surface area contributed by atoms with Gasteiger partial charge in [0.15, 0.2) is 0 Å². The predicted octanol–water partition coefficient (Wildman–Crippen LogP) is 0.0338. The number of nitrogens with two attached hydrogens (primary N) is 1. The van der Waals surface area contributed by atoms with E-state index in [1.165, 1.54) is 6.07 Å². The normalized spacial score (nSPS) is 16.5. The number of hydrogen-bond donors (Lipinski definition) is 2. The van der Waals surface area contributed by atoms with Crippen LogP contribution in [-0.4, -0.2) is 43.6 Å². The minimum atomic E-state index is -3.96. The van der Waals surface area contributed by atoms with Gasteiger partial charge >= 0.3 is 6.09 Å². The molecule has 0 spiro atoms. The van der Waals surface area contributed by atoms with Crippen LogP contribution in [0.3, 0.4) is 0 Å². The molecule has 1 amide bonds. The number of sulfonamides is 1. The molecule has 0 atom stereocenters. The van der Waals surface area contributed by atoms with Gasteiger partial charge in [-0.2, -0.15) is 4.31 Å². The lowest BCUT2D eigenvalue weighted by molar-refractivity contribution is 0.0886. The van der Waals surface area contributed by atoms with E-state index in [-0.39, 0.29) is 32.2 Å². The Hall–Kier alpha value is -1.71. The van der Waals surface area contributed by atoms with Crippen molar-refractivity contribution < 1.29 is 27.4 Å². The Bertz CT molecular complexity index is 643. The van der Waals surface area contributed by atoms with E-state index in [0.29, 0.717) is 5.56 Å². The second-order valence-electron chi connectivity index (χ2n) is 4.74. The number of halogens is 1. The van der Waals surface area contributed by atoms with Gasteiger partial charge < -0.3 is 15.6 Å². The first-order valence-electron chi connectivity index (χ1n) is 6.16. The topological polar surface area (TPSA) is 110 Å². The van der Waals surface area contributed by atoms with E-state index in [1.807, 2.05) is 0 Å². The highest BCUT2D eigenvalue weighted by Crippen LogP contribution is 2.27. The molecule has 3 N–H and O–H groups in total. The zero-order valence-corrected chi connectivity index (χ0v) is 11.8. The van der Waals surface area contributed by atoms with Crippen LogP contribution in [0.2, 0.25) is 0 Å². The highest BCUT2D eigenvalue weighted by molar-refractivity contribution is 7.89. The van der Waals surface area contributed by atoms with Gasteiger partial charge in [-0.1, -0.05) is 6.07 Å². The predicted molar refractivity (Wildman–Crippen MR) is 70.1 cm³/mol. The molecule has 1 heterocycles. The maximum absolute atomic E-state index is 13.7. The van der Waals surface area contributed by atoms with Gasteiger partial charge in [-0.15, -0.1) is 0 Å². The van der Waals surface area contributed by atoms with Gasteiger partial charge in [0.2, 0.25) is 10.0 Å². The van der Waals surface area contributed by atoms with Crippen LogP contribution < -0.4 is 5.73 Å². The lowest BCUT2D eigenvalue weighted by Gasteiger charge is -2.37. The Morgan fingerprint density at radius 1 is 1.48 bits per heavy atom. The first kappa shape index (κ1) is 15.7. The molecule has 0 aliphatic carbocycles. The van der Waals surface area contributed by atoms with Crippen LogP contribution in [0.1, 0.15) is 5.56 Å². The molecule has 2 rings (SSSR count). The summed E-state index contributed by atoms with van der Waals surface area (Å²) in [5.74, 6) is -1.03. The van der Waals surface area contributed by atoms with Crippen LogP contribution in [-0.2, 0) is 21.4 Å². The molecule has 0 saturated carbocycles. The van der Waals surface area contributed by atoms with Crippen LogP contribution in [0.5, 0.6) is 0 Å². The number of carbonyl (C=O) groups is 1. The van der Waals surface area contributed by atoms with Crippen molar-refractivity contribution >= 4 is 16.1 Å². The molecule has 1 saturated heterocycles. The van der Waals surface area contributed by atoms with Gasteiger partial charge in [-0.05, 0) is 17.7 Å². The fourth-order valence-electron chi connectivity index (χ4n) is 2.01. The van der Waals surface area contributed by atoms with Crippen LogP contribution in [0, 0.1) is 11.7 Å². The molecular formula is C12H15FN2O5S. The lowest BCUT2D eigenvalue weighted by Crippen LogP contribution is -2.51. The zero-order valence-electron chi connectivity index (χ0n) is 11.0. The molecule has 9 heteroatoms. The second kappa shape index (κ2) is 5.96. The van der Waals surface area contributed by atoms with Crippen molar-refractivity contribution in [1.82, 2.24) is 4.31 Å². The molecule has 0 bridgehead atoms. The Labute approximate surface area is 121 Å². The Morgan fingerprint density at radius 2 is 2.14 bits per heavy atom. The first-order chi connectivity index (χ1) is 9.84. The van der Waals surface area contributed by atoms with E-state index >= 15 is 0 Å². The third-order valence-corrected chi connectivity index (χ3v) is 5.03. The minimum Gasteiger partial charge on any atom is -0.449 e. The van der Waals surface area contributed by atoms with E-state index in [9.17, 15) is 17.6 Å². The SMILES string of the molecule is NC(=O)OCC1CN(S(=O)(=O)c2cc(CO)ccc2F)C1. The molecule has 0 radical (unpaired) electrons. The number of amides is 1. The summed E-state index contributed by atoms with van der Waals surface area (Å²) >= 11 is 0. The number of ether oxygens (including phenoxy) is 1. The molecule has 1 fully saturated rings. The zero-order chi connectivity index (χ0) is 15.6. The highest BCUT2D eigenvalue weighted by atomic mass is 32.2. The first-order valence-corrected chi connectivity index (χ1v) is 7.60. The average Bonchev–Trinajstić information content (AvgIpc) is 2.36. The van der Waals surface area contributed by atoms with Crippen LogP contribution >= 0.6 is 0 Å². The number of aliphatic hydroxyl groups is 1. The van der Waals surface area contributed by atoms with Crippen molar-refractivity contribution in [1.29, 1.82) is 0 Å². The van der Waals surface area contributed by atoms with Crippen LogP contribution in [0.4, 0.5) is 9.18 Å². The van der Waals surface area contributed by atoms with Crippen molar-refractivity contribution in [2.24, 2.45) is 11.7 Å². The summed E-state index contributed by atoms with van der Waals surface area (Å²) in [5.41, 5.74) is 5.13. The molecule has 0 unspecified atom stereocenters. The molecule has 7 nitrogen and oxygen atoms in total. The number of aliphatic hydroxyl groups excluding tert-OH is 1. The Morgan fingerprint density at radius 3 is 2.71 bits per heavy atom. The quantitative estimate of drug-likeness (QED) is 0.796. The van der Waals surface area contributed by atoms with Crippen LogP contribution in [0.25, 0.3) is 0 Å². The summed E-state index contributed by atoms with van der Waals surface area (Å²) in [6.07, 6.45) is -0.919. The Balaban J connectivity index is 2.09. The molecule has 1 aromatic carbocycles. The van der Waals surface area contributed by atoms with Gasteiger partial charge in [0.05, 0.1) is 13.2 Å². The van der Waals surface area contributed by atoms with Crippen molar-refractivity contribution in [3.8, 4) is 0 Å². The van der Waals surface area contributed by atoms with E-state index in [2.05, 4.69) is 4.74 Å². The molecular weight excluding hydrogens is 303 g/mol.